The first kappa shape index (κ1) is 18.2. The molecule has 2 aliphatic heterocycles. The van der Waals surface area contributed by atoms with Crippen molar-refractivity contribution in [2.24, 2.45) is 0 Å². The Balaban J connectivity index is 1.73. The summed E-state index contributed by atoms with van der Waals surface area (Å²) in [6.07, 6.45) is 4.66. The quantitative estimate of drug-likeness (QED) is 0.793. The summed E-state index contributed by atoms with van der Waals surface area (Å²) >= 11 is 0. The van der Waals surface area contributed by atoms with Crippen LogP contribution in [0.5, 0.6) is 5.75 Å². The van der Waals surface area contributed by atoms with Crippen molar-refractivity contribution >= 4 is 5.91 Å². The average Bonchev–Trinajstić information content (AvgIpc) is 3.22. The van der Waals surface area contributed by atoms with E-state index in [0.717, 1.165) is 32.5 Å². The number of likely N-dealkylation sites (tertiary alicyclic amines) is 2. The van der Waals surface area contributed by atoms with Crippen molar-refractivity contribution in [3.8, 4) is 5.75 Å². The third-order valence-corrected chi connectivity index (χ3v) is 5.49. The number of carbonyl (C=O) groups excluding carboxylic acids is 1. The molecule has 5 nitrogen and oxygen atoms in total. The SMILES string of the molecule is CN(C)CCOc1ccccc1C(=O)N1CCC[C@H]1[C@@H]1CCCN1C. The van der Waals surface area contributed by atoms with E-state index in [1.807, 2.05) is 38.4 Å². The van der Waals surface area contributed by atoms with E-state index in [1.54, 1.807) is 0 Å². The van der Waals surface area contributed by atoms with Crippen LogP contribution in [0.25, 0.3) is 0 Å². The van der Waals surface area contributed by atoms with Gasteiger partial charge in [0.1, 0.15) is 12.4 Å². The van der Waals surface area contributed by atoms with Gasteiger partial charge in [0.25, 0.3) is 5.91 Å². The van der Waals surface area contributed by atoms with Gasteiger partial charge in [-0.15, -0.1) is 0 Å². The Hall–Kier alpha value is -1.59. The first-order valence-corrected chi connectivity index (χ1v) is 9.45. The standard InChI is InChI=1S/C20H31N3O2/c1-21(2)14-15-25-19-11-5-4-8-16(19)20(24)23-13-7-10-18(23)17-9-6-12-22(17)3/h4-5,8,11,17-18H,6-7,9-10,12-15H2,1-3H3/t17-,18-/m0/s1. The normalized spacial score (nSPS) is 24.2. The fourth-order valence-electron chi connectivity index (χ4n) is 4.13. The molecule has 5 heteroatoms. The summed E-state index contributed by atoms with van der Waals surface area (Å²) in [5, 5.41) is 0. The summed E-state index contributed by atoms with van der Waals surface area (Å²) in [4.78, 5) is 19.9. The van der Waals surface area contributed by atoms with Crippen molar-refractivity contribution in [2.45, 2.75) is 37.8 Å². The van der Waals surface area contributed by atoms with Gasteiger partial charge < -0.3 is 19.4 Å². The lowest BCUT2D eigenvalue weighted by Gasteiger charge is -2.33. The van der Waals surface area contributed by atoms with Crippen molar-refractivity contribution in [1.82, 2.24) is 14.7 Å². The number of amides is 1. The lowest BCUT2D eigenvalue weighted by atomic mass is 10.0. The second-order valence-electron chi connectivity index (χ2n) is 7.55. The Morgan fingerprint density at radius 3 is 2.60 bits per heavy atom. The highest BCUT2D eigenvalue weighted by atomic mass is 16.5. The summed E-state index contributed by atoms with van der Waals surface area (Å²) in [6, 6.07) is 8.53. The van der Waals surface area contributed by atoms with Crippen LogP contribution in [0.2, 0.25) is 0 Å². The highest BCUT2D eigenvalue weighted by molar-refractivity contribution is 5.97. The van der Waals surface area contributed by atoms with Crippen LogP contribution >= 0.6 is 0 Å². The fourth-order valence-corrected chi connectivity index (χ4v) is 4.13. The predicted octanol–water partition coefficient (Wildman–Crippen LogP) is 2.33. The third kappa shape index (κ3) is 4.15. The topological polar surface area (TPSA) is 36.0 Å². The van der Waals surface area contributed by atoms with Gasteiger partial charge in [-0.3, -0.25) is 4.79 Å². The zero-order valence-electron chi connectivity index (χ0n) is 15.8. The second-order valence-corrected chi connectivity index (χ2v) is 7.55. The monoisotopic (exact) mass is 345 g/mol. The molecule has 138 valence electrons. The molecule has 3 rings (SSSR count). The Kier molecular flexibility index (Phi) is 5.97. The molecule has 0 saturated carbocycles. The molecule has 0 bridgehead atoms. The van der Waals surface area contributed by atoms with E-state index < -0.39 is 0 Å². The van der Waals surface area contributed by atoms with Gasteiger partial charge in [-0.05, 0) is 65.5 Å². The van der Waals surface area contributed by atoms with Gasteiger partial charge in [0.2, 0.25) is 0 Å². The molecule has 2 atom stereocenters. The minimum Gasteiger partial charge on any atom is -0.491 e. The highest BCUT2D eigenvalue weighted by Crippen LogP contribution is 2.31. The molecule has 2 heterocycles. The van der Waals surface area contributed by atoms with Gasteiger partial charge in [0.05, 0.1) is 5.56 Å². The molecular formula is C20H31N3O2. The molecule has 0 aliphatic carbocycles. The van der Waals surface area contributed by atoms with Gasteiger partial charge >= 0.3 is 0 Å². The molecule has 0 spiro atoms. The van der Waals surface area contributed by atoms with Gasteiger partial charge in [-0.2, -0.15) is 0 Å². The molecule has 2 fully saturated rings. The molecule has 25 heavy (non-hydrogen) atoms. The molecule has 0 unspecified atom stereocenters. The van der Waals surface area contributed by atoms with Gasteiger partial charge in [-0.1, -0.05) is 12.1 Å². The van der Waals surface area contributed by atoms with E-state index in [2.05, 4.69) is 21.7 Å². The van der Waals surface area contributed by atoms with Gasteiger partial charge in [0, 0.05) is 25.2 Å². The van der Waals surface area contributed by atoms with Crippen LogP contribution < -0.4 is 4.74 Å². The van der Waals surface area contributed by atoms with Crippen LogP contribution in [0, 0.1) is 0 Å². The van der Waals surface area contributed by atoms with Gasteiger partial charge in [0.15, 0.2) is 0 Å². The summed E-state index contributed by atoms with van der Waals surface area (Å²) in [7, 11) is 6.23. The summed E-state index contributed by atoms with van der Waals surface area (Å²) in [5.74, 6) is 0.836. The van der Waals surface area contributed by atoms with Crippen LogP contribution in [-0.4, -0.2) is 80.1 Å². The van der Waals surface area contributed by atoms with Crippen molar-refractivity contribution in [3.05, 3.63) is 29.8 Å². The summed E-state index contributed by atoms with van der Waals surface area (Å²) < 4.78 is 5.91. The molecule has 1 aromatic carbocycles. The van der Waals surface area contributed by atoms with E-state index in [4.69, 9.17) is 4.74 Å². The second kappa shape index (κ2) is 8.19. The van der Waals surface area contributed by atoms with Crippen LogP contribution in [0.3, 0.4) is 0 Å². The van der Waals surface area contributed by atoms with Crippen molar-refractivity contribution in [2.75, 3.05) is 47.4 Å². The number of rotatable bonds is 6. The number of likely N-dealkylation sites (N-methyl/N-ethyl adjacent to an activating group) is 2. The minimum atomic E-state index is 0.128. The Labute approximate surface area is 151 Å². The molecule has 0 radical (unpaired) electrons. The molecular weight excluding hydrogens is 314 g/mol. The smallest absolute Gasteiger partial charge is 0.257 e. The van der Waals surface area contributed by atoms with E-state index >= 15 is 0 Å². The van der Waals surface area contributed by atoms with Crippen molar-refractivity contribution in [1.29, 1.82) is 0 Å². The van der Waals surface area contributed by atoms with E-state index in [9.17, 15) is 4.79 Å². The number of benzene rings is 1. The molecule has 1 amide bonds. The lowest BCUT2D eigenvalue weighted by Crippen LogP contribution is -2.47. The minimum absolute atomic E-state index is 0.128. The maximum Gasteiger partial charge on any atom is 0.257 e. The van der Waals surface area contributed by atoms with Crippen molar-refractivity contribution in [3.63, 3.8) is 0 Å². The maximum absolute atomic E-state index is 13.3. The number of ether oxygens (including phenoxy) is 1. The average molecular weight is 345 g/mol. The zero-order valence-corrected chi connectivity index (χ0v) is 15.8. The van der Waals surface area contributed by atoms with Crippen molar-refractivity contribution < 1.29 is 9.53 Å². The Morgan fingerprint density at radius 2 is 1.88 bits per heavy atom. The zero-order chi connectivity index (χ0) is 17.8. The summed E-state index contributed by atoms with van der Waals surface area (Å²) in [5.41, 5.74) is 0.703. The van der Waals surface area contributed by atoms with Crippen LogP contribution in [0.1, 0.15) is 36.0 Å². The van der Waals surface area contributed by atoms with E-state index in [-0.39, 0.29) is 5.91 Å². The number of para-hydroxylation sites is 1. The lowest BCUT2D eigenvalue weighted by molar-refractivity contribution is 0.0660. The van der Waals surface area contributed by atoms with E-state index in [1.165, 1.54) is 12.8 Å². The Morgan fingerprint density at radius 1 is 1.16 bits per heavy atom. The van der Waals surface area contributed by atoms with Crippen LogP contribution in [0.15, 0.2) is 24.3 Å². The fraction of sp³-hybridized carbons (Fsp3) is 0.650. The molecule has 1 aromatic rings. The van der Waals surface area contributed by atoms with E-state index in [0.29, 0.717) is 30.0 Å². The van der Waals surface area contributed by atoms with Crippen LogP contribution in [-0.2, 0) is 0 Å². The Bertz CT molecular complexity index is 590. The highest BCUT2D eigenvalue weighted by Gasteiger charge is 2.39. The molecule has 2 saturated heterocycles. The molecule has 0 aromatic heterocycles. The maximum atomic E-state index is 13.3. The number of hydrogen-bond donors (Lipinski definition) is 0. The van der Waals surface area contributed by atoms with Gasteiger partial charge in [-0.25, -0.2) is 0 Å². The van der Waals surface area contributed by atoms with Crippen LogP contribution in [0.4, 0.5) is 0 Å². The number of nitrogens with zero attached hydrogens (tertiary/aromatic N) is 3. The summed E-state index contributed by atoms with van der Waals surface area (Å²) in [6.45, 7) is 3.43. The first-order valence-electron chi connectivity index (χ1n) is 9.45. The number of hydrogen-bond acceptors (Lipinski definition) is 4. The first-order chi connectivity index (χ1) is 12.1. The molecule has 0 N–H and O–H groups in total. The largest absolute Gasteiger partial charge is 0.491 e. The predicted molar refractivity (Wildman–Crippen MR) is 100 cm³/mol. The molecule has 2 aliphatic rings. The number of carbonyl (C=O) groups is 1. The third-order valence-electron chi connectivity index (χ3n) is 5.49.